The lowest BCUT2D eigenvalue weighted by Gasteiger charge is -2.27. The van der Waals surface area contributed by atoms with Crippen molar-refractivity contribution in [1.82, 2.24) is 19.7 Å². The number of aryl methyl sites for hydroxylation is 1. The van der Waals surface area contributed by atoms with Crippen molar-refractivity contribution in [2.24, 2.45) is 17.8 Å². The van der Waals surface area contributed by atoms with Crippen LogP contribution in [-0.4, -0.2) is 57.7 Å². The number of halogens is 1. The third kappa shape index (κ3) is 5.15. The fourth-order valence-corrected chi connectivity index (χ4v) is 3.63. The van der Waals surface area contributed by atoms with E-state index in [1.165, 1.54) is 0 Å². The Morgan fingerprint density at radius 1 is 1.09 bits per heavy atom. The summed E-state index contributed by atoms with van der Waals surface area (Å²) in [5, 5.41) is 4.41. The van der Waals surface area contributed by atoms with Crippen LogP contribution in [0.25, 0.3) is 0 Å². The second kappa shape index (κ2) is 10.4. The molecule has 2 N–H and O–H groups in total. The van der Waals surface area contributed by atoms with Gasteiger partial charge in [-0.05, 0) is 11.6 Å². The highest BCUT2D eigenvalue weighted by Crippen LogP contribution is 2.25. The van der Waals surface area contributed by atoms with Crippen molar-refractivity contribution in [2.75, 3.05) is 26.3 Å². The number of hydrogen-bond acceptors (Lipinski definition) is 5. The molecule has 2 aromatic carbocycles. The van der Waals surface area contributed by atoms with E-state index in [2.05, 4.69) is 15.1 Å². The van der Waals surface area contributed by atoms with Crippen molar-refractivity contribution >= 4 is 30.1 Å². The SMILES string of the molecule is CC(c1cccc(C(=O)c2ccccc2)c1)c1nc(N=C(N)N2CCOCC2)nn1C.Cl. The van der Waals surface area contributed by atoms with Crippen molar-refractivity contribution in [2.45, 2.75) is 12.8 Å². The lowest BCUT2D eigenvalue weighted by Crippen LogP contribution is -2.44. The smallest absolute Gasteiger partial charge is 0.271 e. The second-order valence-corrected chi connectivity index (χ2v) is 7.51. The number of aromatic nitrogens is 3. The number of nitrogens with two attached hydrogens (primary N) is 1. The Labute approximate surface area is 193 Å². The van der Waals surface area contributed by atoms with E-state index in [0.29, 0.717) is 49.3 Å². The van der Waals surface area contributed by atoms with E-state index >= 15 is 0 Å². The zero-order chi connectivity index (χ0) is 21.8. The van der Waals surface area contributed by atoms with Crippen LogP contribution in [-0.2, 0) is 11.8 Å². The number of ether oxygens (including phenoxy) is 1. The van der Waals surface area contributed by atoms with Gasteiger partial charge in [0.05, 0.1) is 13.2 Å². The molecule has 0 amide bonds. The van der Waals surface area contributed by atoms with E-state index in [1.54, 1.807) is 4.68 Å². The van der Waals surface area contributed by atoms with Gasteiger partial charge >= 0.3 is 0 Å². The largest absolute Gasteiger partial charge is 0.378 e. The first-order valence-corrected chi connectivity index (χ1v) is 10.3. The fraction of sp³-hybridized carbons (Fsp3) is 0.304. The molecule has 0 saturated carbocycles. The third-order valence-electron chi connectivity index (χ3n) is 5.41. The van der Waals surface area contributed by atoms with Gasteiger partial charge < -0.3 is 15.4 Å². The number of nitrogens with zero attached hydrogens (tertiary/aromatic N) is 5. The molecule has 1 aromatic heterocycles. The maximum atomic E-state index is 12.8. The van der Waals surface area contributed by atoms with Gasteiger partial charge in [-0.1, -0.05) is 55.5 Å². The Morgan fingerprint density at radius 3 is 2.50 bits per heavy atom. The number of guanidine groups is 1. The van der Waals surface area contributed by atoms with Gasteiger partial charge in [0.2, 0.25) is 0 Å². The summed E-state index contributed by atoms with van der Waals surface area (Å²) in [5.74, 6) is 1.39. The Morgan fingerprint density at radius 2 is 1.78 bits per heavy atom. The predicted octanol–water partition coefficient (Wildman–Crippen LogP) is 2.90. The fourth-order valence-electron chi connectivity index (χ4n) is 3.63. The van der Waals surface area contributed by atoms with Crippen LogP contribution < -0.4 is 5.73 Å². The topological polar surface area (TPSA) is 98.6 Å². The molecule has 1 aliphatic heterocycles. The second-order valence-electron chi connectivity index (χ2n) is 7.51. The summed E-state index contributed by atoms with van der Waals surface area (Å²) >= 11 is 0. The van der Waals surface area contributed by atoms with Crippen LogP contribution in [0.3, 0.4) is 0 Å². The van der Waals surface area contributed by atoms with Crippen molar-refractivity contribution in [3.63, 3.8) is 0 Å². The van der Waals surface area contributed by atoms with E-state index in [1.807, 2.05) is 73.5 Å². The molecule has 0 spiro atoms. The first-order valence-electron chi connectivity index (χ1n) is 10.3. The Balaban J connectivity index is 0.00000289. The first-order chi connectivity index (χ1) is 15.0. The number of hydrogen-bond donors (Lipinski definition) is 1. The summed E-state index contributed by atoms with van der Waals surface area (Å²) in [5.41, 5.74) is 8.42. The summed E-state index contributed by atoms with van der Waals surface area (Å²) in [6.45, 7) is 4.70. The van der Waals surface area contributed by atoms with Gasteiger partial charge in [-0.25, -0.2) is 0 Å². The quantitative estimate of drug-likeness (QED) is 0.361. The van der Waals surface area contributed by atoms with Crippen LogP contribution in [0.5, 0.6) is 0 Å². The average molecular weight is 455 g/mol. The number of benzene rings is 2. The van der Waals surface area contributed by atoms with Gasteiger partial charge in [-0.2, -0.15) is 9.98 Å². The third-order valence-corrected chi connectivity index (χ3v) is 5.41. The average Bonchev–Trinajstić information content (AvgIpc) is 3.19. The van der Waals surface area contributed by atoms with Gasteiger partial charge in [0.1, 0.15) is 5.82 Å². The van der Waals surface area contributed by atoms with Gasteiger partial charge in [-0.3, -0.25) is 9.48 Å². The molecule has 0 aliphatic carbocycles. The lowest BCUT2D eigenvalue weighted by atomic mass is 9.95. The number of carbonyl (C=O) groups excluding carboxylic acids is 1. The zero-order valence-corrected chi connectivity index (χ0v) is 19.0. The van der Waals surface area contributed by atoms with Crippen LogP contribution in [0.4, 0.5) is 5.95 Å². The predicted molar refractivity (Wildman–Crippen MR) is 126 cm³/mol. The van der Waals surface area contributed by atoms with Crippen LogP contribution >= 0.6 is 12.4 Å². The molecule has 32 heavy (non-hydrogen) atoms. The van der Waals surface area contributed by atoms with Crippen molar-refractivity contribution < 1.29 is 9.53 Å². The number of rotatable bonds is 5. The van der Waals surface area contributed by atoms with E-state index in [-0.39, 0.29) is 24.1 Å². The van der Waals surface area contributed by atoms with E-state index in [9.17, 15) is 4.79 Å². The standard InChI is InChI=1S/C23H26N6O2.ClH/c1-16(18-9-6-10-19(15-18)20(30)17-7-4-3-5-8-17)21-25-23(27-28(21)2)26-22(24)29-11-13-31-14-12-29;/h3-10,15-16H,11-14H2,1-2H3,(H2,24,26,27);1H. The molecule has 1 atom stereocenters. The van der Waals surface area contributed by atoms with Crippen LogP contribution in [0.15, 0.2) is 59.6 Å². The van der Waals surface area contributed by atoms with Crippen molar-refractivity contribution in [3.8, 4) is 0 Å². The minimum absolute atomic E-state index is 0. The first kappa shape index (κ1) is 23.4. The molecule has 3 aromatic rings. The molecule has 9 heteroatoms. The normalized spacial score (nSPS) is 15.2. The van der Waals surface area contributed by atoms with Crippen LogP contribution in [0.1, 0.15) is 40.2 Å². The molecule has 168 valence electrons. The summed E-state index contributed by atoms with van der Waals surface area (Å²) in [7, 11) is 1.84. The molecule has 1 fully saturated rings. The monoisotopic (exact) mass is 454 g/mol. The molecular formula is C23H27ClN6O2. The number of carbonyl (C=O) groups is 1. The van der Waals surface area contributed by atoms with E-state index in [0.717, 1.165) is 11.4 Å². The van der Waals surface area contributed by atoms with Gasteiger partial charge in [-0.15, -0.1) is 17.5 Å². The summed E-state index contributed by atoms with van der Waals surface area (Å²) in [6, 6.07) is 16.9. The molecule has 1 saturated heterocycles. The minimum atomic E-state index is -0.0745. The maximum Gasteiger partial charge on any atom is 0.271 e. The van der Waals surface area contributed by atoms with Crippen molar-refractivity contribution in [3.05, 3.63) is 77.1 Å². The molecule has 8 nitrogen and oxygen atoms in total. The number of ketones is 1. The zero-order valence-electron chi connectivity index (χ0n) is 18.1. The molecule has 0 bridgehead atoms. The molecule has 1 aliphatic rings. The molecule has 0 radical (unpaired) electrons. The molecule has 2 heterocycles. The Bertz CT molecular complexity index is 1090. The maximum absolute atomic E-state index is 12.8. The van der Waals surface area contributed by atoms with Crippen LogP contribution in [0, 0.1) is 0 Å². The highest BCUT2D eigenvalue weighted by atomic mass is 35.5. The van der Waals surface area contributed by atoms with Gasteiger partial charge in [0.15, 0.2) is 11.7 Å². The van der Waals surface area contributed by atoms with Crippen LogP contribution in [0.2, 0.25) is 0 Å². The number of morpholine rings is 1. The van der Waals surface area contributed by atoms with Gasteiger partial charge in [0, 0.05) is 37.2 Å². The number of aliphatic imine (C=N–C) groups is 1. The molecule has 1 unspecified atom stereocenters. The lowest BCUT2D eigenvalue weighted by molar-refractivity contribution is 0.0675. The molecule has 4 rings (SSSR count). The Kier molecular flexibility index (Phi) is 7.61. The van der Waals surface area contributed by atoms with Gasteiger partial charge in [0.25, 0.3) is 5.95 Å². The summed E-state index contributed by atoms with van der Waals surface area (Å²) < 4.78 is 7.06. The highest BCUT2D eigenvalue weighted by Gasteiger charge is 2.19. The minimum Gasteiger partial charge on any atom is -0.378 e. The van der Waals surface area contributed by atoms with Crippen molar-refractivity contribution in [1.29, 1.82) is 0 Å². The Hall–Kier alpha value is -3.23. The van der Waals surface area contributed by atoms with E-state index < -0.39 is 0 Å². The highest BCUT2D eigenvalue weighted by molar-refractivity contribution is 6.09. The molecular weight excluding hydrogens is 428 g/mol. The summed E-state index contributed by atoms with van der Waals surface area (Å²) in [4.78, 5) is 23.8. The summed E-state index contributed by atoms with van der Waals surface area (Å²) in [6.07, 6.45) is 0. The van der Waals surface area contributed by atoms with E-state index in [4.69, 9.17) is 10.5 Å².